The van der Waals surface area contributed by atoms with Gasteiger partial charge in [0.25, 0.3) is 0 Å². The molecule has 2 atom stereocenters. The van der Waals surface area contributed by atoms with Crippen LogP contribution in [-0.4, -0.2) is 39.8 Å². The third-order valence-corrected chi connectivity index (χ3v) is 8.08. The third kappa shape index (κ3) is 2.63. The highest BCUT2D eigenvalue weighted by molar-refractivity contribution is 7.95. The van der Waals surface area contributed by atoms with Crippen LogP contribution in [-0.2, 0) is 14.8 Å². The van der Waals surface area contributed by atoms with Gasteiger partial charge < -0.3 is 14.8 Å². The van der Waals surface area contributed by atoms with Crippen molar-refractivity contribution in [3.8, 4) is 11.5 Å². The number of nitrogens with one attached hydrogen (secondary N) is 1. The van der Waals surface area contributed by atoms with Crippen molar-refractivity contribution in [1.29, 1.82) is 0 Å². The molecule has 1 aliphatic carbocycles. The average Bonchev–Trinajstić information content (AvgIpc) is 3.38. The number of rotatable bonds is 5. The number of aryl methyl sites for hydroxylation is 1. The SMILES string of the molecule is COc1ccc(NC(=O)C23CC2CN(c2ccc(C)cc2)S3(=O)=O)cc1OC. The molecule has 0 radical (unpaired) electrons. The first-order chi connectivity index (χ1) is 13.3. The normalized spacial score (nSPS) is 24.4. The summed E-state index contributed by atoms with van der Waals surface area (Å²) in [4.78, 5) is 13.0. The maximum atomic E-state index is 13.2. The minimum absolute atomic E-state index is 0.209. The predicted octanol–water partition coefficient (Wildman–Crippen LogP) is 2.56. The second-order valence-electron chi connectivity index (χ2n) is 7.19. The Kier molecular flexibility index (Phi) is 4.26. The van der Waals surface area contributed by atoms with Gasteiger partial charge in [-0.25, -0.2) is 8.42 Å². The van der Waals surface area contributed by atoms with E-state index in [1.807, 2.05) is 19.1 Å². The minimum atomic E-state index is -3.80. The van der Waals surface area contributed by atoms with Crippen molar-refractivity contribution in [3.05, 3.63) is 48.0 Å². The van der Waals surface area contributed by atoms with Gasteiger partial charge in [0.2, 0.25) is 15.9 Å². The largest absolute Gasteiger partial charge is 0.493 e. The lowest BCUT2D eigenvalue weighted by Gasteiger charge is -2.23. The average molecular weight is 402 g/mol. The molecule has 0 aromatic heterocycles. The Morgan fingerprint density at radius 2 is 1.79 bits per heavy atom. The Bertz CT molecular complexity index is 1040. The lowest BCUT2D eigenvalue weighted by atomic mass is 10.2. The summed E-state index contributed by atoms with van der Waals surface area (Å²) < 4.78 is 36.8. The fraction of sp³-hybridized carbons (Fsp3) is 0.350. The van der Waals surface area contributed by atoms with Crippen molar-refractivity contribution in [2.45, 2.75) is 18.1 Å². The number of ether oxygens (including phenoxy) is 2. The van der Waals surface area contributed by atoms with Crippen LogP contribution >= 0.6 is 0 Å². The zero-order valence-corrected chi connectivity index (χ0v) is 16.7. The fourth-order valence-electron chi connectivity index (χ4n) is 3.83. The summed E-state index contributed by atoms with van der Waals surface area (Å²) in [6, 6.07) is 12.2. The van der Waals surface area contributed by atoms with Crippen LogP contribution in [0, 0.1) is 12.8 Å². The second kappa shape index (κ2) is 6.41. The molecule has 28 heavy (non-hydrogen) atoms. The van der Waals surface area contributed by atoms with E-state index in [0.29, 0.717) is 35.8 Å². The number of sulfonamides is 1. The predicted molar refractivity (Wildman–Crippen MR) is 106 cm³/mol. The van der Waals surface area contributed by atoms with Crippen LogP contribution in [0.5, 0.6) is 11.5 Å². The maximum Gasteiger partial charge on any atom is 0.250 e. The van der Waals surface area contributed by atoms with E-state index in [2.05, 4.69) is 5.32 Å². The van der Waals surface area contributed by atoms with E-state index in [-0.39, 0.29) is 5.92 Å². The smallest absolute Gasteiger partial charge is 0.250 e. The fourth-order valence-corrected chi connectivity index (χ4v) is 6.19. The summed E-state index contributed by atoms with van der Waals surface area (Å²) in [7, 11) is -0.779. The first kappa shape index (κ1) is 18.6. The number of carbonyl (C=O) groups excluding carboxylic acids is 1. The lowest BCUT2D eigenvalue weighted by Crippen LogP contribution is -2.42. The van der Waals surface area contributed by atoms with Crippen LogP contribution in [0.3, 0.4) is 0 Å². The quantitative estimate of drug-likeness (QED) is 0.831. The standard InChI is InChI=1S/C20H22N2O5S/c1-13-4-7-16(8-5-13)22-12-14-11-20(14,28(22,24)25)19(23)21-15-6-9-17(26-2)18(10-15)27-3/h4-10,14H,11-12H2,1-3H3,(H,21,23). The molecule has 8 heteroatoms. The van der Waals surface area contributed by atoms with Gasteiger partial charge in [0.1, 0.15) is 0 Å². The summed E-state index contributed by atoms with van der Waals surface area (Å²) >= 11 is 0. The van der Waals surface area contributed by atoms with Crippen molar-refractivity contribution < 1.29 is 22.7 Å². The van der Waals surface area contributed by atoms with E-state index < -0.39 is 20.7 Å². The number of carbonyl (C=O) groups is 1. The molecule has 4 rings (SSSR count). The van der Waals surface area contributed by atoms with Gasteiger partial charge in [-0.05, 0) is 37.6 Å². The van der Waals surface area contributed by atoms with E-state index in [1.54, 1.807) is 30.3 Å². The number of benzene rings is 2. The molecule has 2 fully saturated rings. The van der Waals surface area contributed by atoms with Gasteiger partial charge in [0.05, 0.1) is 19.9 Å². The summed E-state index contributed by atoms with van der Waals surface area (Å²) in [6.45, 7) is 2.27. The van der Waals surface area contributed by atoms with Gasteiger partial charge in [-0.1, -0.05) is 17.7 Å². The lowest BCUT2D eigenvalue weighted by molar-refractivity contribution is -0.116. The van der Waals surface area contributed by atoms with Crippen LogP contribution < -0.4 is 19.1 Å². The first-order valence-corrected chi connectivity index (χ1v) is 10.4. The molecule has 1 saturated heterocycles. The number of hydrogen-bond acceptors (Lipinski definition) is 5. The Balaban J connectivity index is 1.59. The first-order valence-electron chi connectivity index (χ1n) is 8.96. The molecule has 2 aromatic carbocycles. The van der Waals surface area contributed by atoms with E-state index in [4.69, 9.17) is 9.47 Å². The third-order valence-electron chi connectivity index (χ3n) is 5.53. The van der Waals surface area contributed by atoms with Crippen LogP contribution in [0.15, 0.2) is 42.5 Å². The Hall–Kier alpha value is -2.74. The van der Waals surface area contributed by atoms with Crippen molar-refractivity contribution in [2.75, 3.05) is 30.4 Å². The molecule has 1 amide bonds. The van der Waals surface area contributed by atoms with Gasteiger partial charge in [-0.3, -0.25) is 9.10 Å². The molecule has 1 saturated carbocycles. The highest BCUT2D eigenvalue weighted by Gasteiger charge is 2.75. The van der Waals surface area contributed by atoms with Gasteiger partial charge >= 0.3 is 0 Å². The van der Waals surface area contributed by atoms with Crippen molar-refractivity contribution in [2.24, 2.45) is 5.92 Å². The van der Waals surface area contributed by atoms with Gasteiger partial charge in [-0.2, -0.15) is 0 Å². The summed E-state index contributed by atoms with van der Waals surface area (Å²) in [6.07, 6.45) is 0.344. The van der Waals surface area contributed by atoms with Crippen LogP contribution in [0.2, 0.25) is 0 Å². The van der Waals surface area contributed by atoms with Crippen LogP contribution in [0.4, 0.5) is 11.4 Å². The van der Waals surface area contributed by atoms with Crippen molar-refractivity contribution in [3.63, 3.8) is 0 Å². The molecular formula is C20H22N2O5S. The molecular weight excluding hydrogens is 380 g/mol. The van der Waals surface area contributed by atoms with Crippen LogP contribution in [0.1, 0.15) is 12.0 Å². The molecule has 1 aliphatic heterocycles. The number of fused-ring (bicyclic) bond motifs is 1. The summed E-state index contributed by atoms with van der Waals surface area (Å²) in [5.74, 6) is 0.279. The number of anilines is 2. The van der Waals surface area contributed by atoms with Crippen molar-refractivity contribution in [1.82, 2.24) is 0 Å². The molecule has 2 aromatic rings. The molecule has 148 valence electrons. The van der Waals surface area contributed by atoms with Crippen molar-refractivity contribution >= 4 is 27.3 Å². The molecule has 0 bridgehead atoms. The minimum Gasteiger partial charge on any atom is -0.493 e. The van der Waals surface area contributed by atoms with Crippen LogP contribution in [0.25, 0.3) is 0 Å². The summed E-state index contributed by atoms with van der Waals surface area (Å²) in [5, 5.41) is 2.75. The van der Waals surface area contributed by atoms with E-state index in [1.165, 1.54) is 18.5 Å². The number of nitrogens with zero attached hydrogens (tertiary/aromatic N) is 1. The molecule has 0 spiro atoms. The Morgan fingerprint density at radius 3 is 2.43 bits per heavy atom. The highest BCUT2D eigenvalue weighted by atomic mass is 32.2. The second-order valence-corrected chi connectivity index (χ2v) is 9.31. The monoisotopic (exact) mass is 402 g/mol. The Morgan fingerprint density at radius 1 is 1.11 bits per heavy atom. The summed E-state index contributed by atoms with van der Waals surface area (Å²) in [5.41, 5.74) is 2.11. The maximum absolute atomic E-state index is 13.2. The van der Waals surface area contributed by atoms with E-state index >= 15 is 0 Å². The van der Waals surface area contributed by atoms with E-state index in [0.717, 1.165) is 5.56 Å². The number of amides is 1. The molecule has 2 aliphatic rings. The van der Waals surface area contributed by atoms with Gasteiger partial charge in [-0.15, -0.1) is 0 Å². The molecule has 1 heterocycles. The Labute approximate surface area is 164 Å². The molecule has 7 nitrogen and oxygen atoms in total. The zero-order chi connectivity index (χ0) is 20.1. The van der Waals surface area contributed by atoms with E-state index in [9.17, 15) is 13.2 Å². The topological polar surface area (TPSA) is 84.9 Å². The highest BCUT2D eigenvalue weighted by Crippen LogP contribution is 2.58. The number of methoxy groups -OCH3 is 2. The zero-order valence-electron chi connectivity index (χ0n) is 15.9. The van der Waals surface area contributed by atoms with Gasteiger partial charge in [0, 0.05) is 24.2 Å². The molecule has 1 N–H and O–H groups in total. The van der Waals surface area contributed by atoms with Gasteiger partial charge in [0.15, 0.2) is 16.2 Å². The number of hydrogen-bond donors (Lipinski definition) is 1. The molecule has 2 unspecified atom stereocenters.